The molecule has 0 bridgehead atoms. The molecule has 0 aromatic heterocycles. The molecule has 0 aliphatic carbocycles. The summed E-state index contributed by atoms with van der Waals surface area (Å²) in [5.74, 6) is -0.613. The van der Waals surface area contributed by atoms with Gasteiger partial charge >= 0.3 is 0 Å². The van der Waals surface area contributed by atoms with Crippen LogP contribution in [0.1, 0.15) is 12.8 Å². The van der Waals surface area contributed by atoms with Gasteiger partial charge in [0.2, 0.25) is 0 Å². The van der Waals surface area contributed by atoms with Crippen molar-refractivity contribution in [3.63, 3.8) is 0 Å². The van der Waals surface area contributed by atoms with E-state index < -0.39 is 41.8 Å². The van der Waals surface area contributed by atoms with Crippen molar-refractivity contribution in [1.82, 2.24) is 9.84 Å². The SMILES string of the molecule is O=S1(=O)CC[C@H](NN([C@H]2CCS(=O)(=O)C2)S(=O)(=O)c2cc(Br)ccc2Br)C1. The van der Waals surface area contributed by atoms with Gasteiger partial charge in [-0.1, -0.05) is 15.9 Å². The van der Waals surface area contributed by atoms with Crippen LogP contribution in [0, 0.1) is 0 Å². The number of hydrazine groups is 1. The van der Waals surface area contributed by atoms with E-state index in [0.29, 0.717) is 8.95 Å². The monoisotopic (exact) mass is 564 g/mol. The third-order valence-corrected chi connectivity index (χ3v) is 11.3. The number of rotatable bonds is 5. The third-order valence-electron chi connectivity index (χ3n) is 4.51. The normalized spacial score (nSPS) is 27.2. The van der Waals surface area contributed by atoms with Crippen molar-refractivity contribution in [2.24, 2.45) is 0 Å². The van der Waals surface area contributed by atoms with E-state index in [1.807, 2.05) is 0 Å². The Bertz CT molecular complexity index is 1060. The molecule has 152 valence electrons. The van der Waals surface area contributed by atoms with E-state index in [4.69, 9.17) is 0 Å². The Balaban J connectivity index is 1.99. The Morgan fingerprint density at radius 3 is 2.19 bits per heavy atom. The number of nitrogens with zero attached hydrogens (tertiary/aromatic N) is 1. The molecular formula is C14H18Br2N2O6S3. The van der Waals surface area contributed by atoms with E-state index in [-0.39, 0.29) is 40.7 Å². The maximum Gasteiger partial charge on any atom is 0.257 e. The standard InChI is InChI=1S/C14H18Br2N2O6S3/c15-10-1-2-13(16)14(7-10)27(23,24)18(12-4-6-26(21,22)9-12)17-11-3-5-25(19,20)8-11/h1-2,7,11-12,17H,3-6,8-9H2/t11-,12-/m0/s1. The van der Waals surface area contributed by atoms with Crippen LogP contribution in [0.4, 0.5) is 0 Å². The van der Waals surface area contributed by atoms with Gasteiger partial charge in [0, 0.05) is 15.0 Å². The number of halogens is 2. The van der Waals surface area contributed by atoms with Crippen LogP contribution in [0.25, 0.3) is 0 Å². The first kappa shape index (κ1) is 21.7. The molecule has 3 rings (SSSR count). The van der Waals surface area contributed by atoms with Crippen molar-refractivity contribution in [2.75, 3.05) is 23.0 Å². The molecule has 0 saturated carbocycles. The van der Waals surface area contributed by atoms with Crippen LogP contribution in [0.3, 0.4) is 0 Å². The molecule has 8 nitrogen and oxygen atoms in total. The quantitative estimate of drug-likeness (QED) is 0.531. The molecule has 13 heteroatoms. The Morgan fingerprint density at radius 1 is 1.00 bits per heavy atom. The first-order valence-electron chi connectivity index (χ1n) is 8.06. The van der Waals surface area contributed by atoms with E-state index in [1.54, 1.807) is 12.1 Å². The Morgan fingerprint density at radius 2 is 1.63 bits per heavy atom. The van der Waals surface area contributed by atoms with E-state index >= 15 is 0 Å². The summed E-state index contributed by atoms with van der Waals surface area (Å²) in [7, 11) is -10.7. The molecule has 2 atom stereocenters. The molecule has 1 N–H and O–H groups in total. The number of benzene rings is 1. The summed E-state index contributed by atoms with van der Waals surface area (Å²) < 4.78 is 75.8. The van der Waals surface area contributed by atoms with Crippen LogP contribution in [0.5, 0.6) is 0 Å². The highest BCUT2D eigenvalue weighted by molar-refractivity contribution is 9.11. The smallest absolute Gasteiger partial charge is 0.237 e. The molecule has 1 aromatic carbocycles. The highest BCUT2D eigenvalue weighted by atomic mass is 79.9. The van der Waals surface area contributed by atoms with Gasteiger partial charge in [0.15, 0.2) is 19.7 Å². The summed E-state index contributed by atoms with van der Waals surface area (Å²) in [5, 5.41) is 0. The van der Waals surface area contributed by atoms with Crippen LogP contribution in [-0.4, -0.2) is 64.8 Å². The fourth-order valence-electron chi connectivity index (χ4n) is 3.19. The maximum absolute atomic E-state index is 13.3. The van der Waals surface area contributed by atoms with E-state index in [9.17, 15) is 25.3 Å². The summed E-state index contributed by atoms with van der Waals surface area (Å²) in [6.07, 6.45) is 0.424. The van der Waals surface area contributed by atoms with Gasteiger partial charge in [-0.2, -0.15) is 0 Å². The summed E-state index contributed by atoms with van der Waals surface area (Å²) in [5.41, 5.74) is 2.80. The summed E-state index contributed by atoms with van der Waals surface area (Å²) in [6.45, 7) is 0. The van der Waals surface area contributed by atoms with Crippen LogP contribution < -0.4 is 5.43 Å². The van der Waals surface area contributed by atoms with Gasteiger partial charge in [-0.15, -0.1) is 4.41 Å². The highest BCUT2D eigenvalue weighted by Crippen LogP contribution is 2.31. The fourth-order valence-corrected chi connectivity index (χ4v) is 9.68. The maximum atomic E-state index is 13.3. The third kappa shape index (κ3) is 4.93. The minimum absolute atomic E-state index is 0.0257. The number of sulfone groups is 2. The molecule has 2 aliphatic heterocycles. The molecule has 2 heterocycles. The summed E-state index contributed by atoms with van der Waals surface area (Å²) >= 11 is 6.47. The molecule has 0 amide bonds. The second-order valence-corrected chi connectivity index (χ2v) is 14.7. The molecular weight excluding hydrogens is 548 g/mol. The van der Waals surface area contributed by atoms with Gasteiger partial charge in [-0.3, -0.25) is 0 Å². The summed E-state index contributed by atoms with van der Waals surface area (Å²) in [4.78, 5) is -0.0328. The second kappa shape index (κ2) is 7.65. The number of hydrogen-bond donors (Lipinski definition) is 1. The van der Waals surface area contributed by atoms with Crippen molar-refractivity contribution in [3.8, 4) is 0 Å². The van der Waals surface area contributed by atoms with E-state index in [2.05, 4.69) is 37.3 Å². The molecule has 2 saturated heterocycles. The Kier molecular flexibility index (Phi) is 6.14. The fraction of sp³-hybridized carbons (Fsp3) is 0.571. The van der Waals surface area contributed by atoms with E-state index in [1.165, 1.54) is 6.07 Å². The van der Waals surface area contributed by atoms with E-state index in [0.717, 1.165) is 4.41 Å². The number of hydrogen-bond acceptors (Lipinski definition) is 7. The number of sulfonamides is 1. The van der Waals surface area contributed by atoms with Crippen LogP contribution in [-0.2, 0) is 29.7 Å². The first-order chi connectivity index (χ1) is 12.4. The zero-order valence-corrected chi connectivity index (χ0v) is 19.6. The van der Waals surface area contributed by atoms with Gasteiger partial charge in [0.05, 0.1) is 33.9 Å². The lowest BCUT2D eigenvalue weighted by molar-refractivity contribution is 0.229. The van der Waals surface area contributed by atoms with Gasteiger partial charge in [-0.05, 0) is 47.0 Å². The minimum Gasteiger partial charge on any atom is -0.237 e. The molecule has 2 aliphatic rings. The average molecular weight is 566 g/mol. The molecule has 2 fully saturated rings. The van der Waals surface area contributed by atoms with Gasteiger partial charge in [-0.25, -0.2) is 30.7 Å². The zero-order chi connectivity index (χ0) is 20.0. The van der Waals surface area contributed by atoms with Crippen molar-refractivity contribution in [1.29, 1.82) is 0 Å². The van der Waals surface area contributed by atoms with Crippen molar-refractivity contribution in [3.05, 3.63) is 27.1 Å². The molecule has 27 heavy (non-hydrogen) atoms. The molecule has 0 radical (unpaired) electrons. The Labute approximate surface area is 175 Å². The lowest BCUT2D eigenvalue weighted by Crippen LogP contribution is -2.54. The van der Waals surface area contributed by atoms with Gasteiger partial charge < -0.3 is 0 Å². The van der Waals surface area contributed by atoms with Crippen LogP contribution >= 0.6 is 31.9 Å². The van der Waals surface area contributed by atoms with Crippen molar-refractivity contribution < 1.29 is 25.3 Å². The molecule has 1 aromatic rings. The van der Waals surface area contributed by atoms with Crippen LogP contribution in [0.2, 0.25) is 0 Å². The largest absolute Gasteiger partial charge is 0.257 e. The lowest BCUT2D eigenvalue weighted by atomic mass is 10.2. The average Bonchev–Trinajstić information content (AvgIpc) is 3.08. The first-order valence-corrected chi connectivity index (χ1v) is 14.7. The Hall–Kier alpha value is -0.0500. The zero-order valence-electron chi connectivity index (χ0n) is 14.0. The lowest BCUT2D eigenvalue weighted by Gasteiger charge is -2.30. The van der Waals surface area contributed by atoms with Crippen molar-refractivity contribution >= 4 is 61.6 Å². The predicted molar refractivity (Wildman–Crippen MR) is 108 cm³/mol. The van der Waals surface area contributed by atoms with Crippen LogP contribution in [0.15, 0.2) is 32.0 Å². The van der Waals surface area contributed by atoms with Gasteiger partial charge in [0.25, 0.3) is 10.0 Å². The minimum atomic E-state index is -4.13. The highest BCUT2D eigenvalue weighted by Gasteiger charge is 2.42. The molecule has 0 spiro atoms. The van der Waals surface area contributed by atoms with Gasteiger partial charge in [0.1, 0.15) is 0 Å². The molecule has 0 unspecified atom stereocenters. The number of nitrogens with one attached hydrogen (secondary N) is 1. The predicted octanol–water partition coefficient (Wildman–Crippen LogP) is 1.08. The van der Waals surface area contributed by atoms with Crippen molar-refractivity contribution in [2.45, 2.75) is 29.8 Å². The topological polar surface area (TPSA) is 118 Å². The second-order valence-electron chi connectivity index (χ2n) is 6.66. The summed E-state index contributed by atoms with van der Waals surface area (Å²) in [6, 6.07) is 3.28.